The molecule has 0 amide bonds. The van der Waals surface area contributed by atoms with Gasteiger partial charge in [0.25, 0.3) is 5.69 Å². The van der Waals surface area contributed by atoms with E-state index in [1.807, 2.05) is 0 Å². The maximum atomic E-state index is 11.0. The van der Waals surface area contributed by atoms with Crippen LogP contribution in [0.25, 0.3) is 16.6 Å². The Hall–Kier alpha value is -2.73. The minimum atomic E-state index is -1.57. The molecule has 0 saturated carbocycles. The number of nitro benzene ring substituents is 1. The number of aromatic nitrogens is 1. The first kappa shape index (κ1) is 21.5. The molecule has 1 fully saturated rings. The number of nitro groups is 1. The topological polar surface area (TPSA) is 147 Å². The van der Waals surface area contributed by atoms with Gasteiger partial charge in [-0.2, -0.15) is 0 Å². The summed E-state index contributed by atoms with van der Waals surface area (Å²) < 4.78 is 12.7. The van der Waals surface area contributed by atoms with Crippen molar-refractivity contribution in [3.05, 3.63) is 63.8 Å². The van der Waals surface area contributed by atoms with Crippen molar-refractivity contribution in [3.63, 3.8) is 0 Å². The minimum Gasteiger partial charge on any atom is -0.460 e. The molecule has 1 aliphatic heterocycles. The van der Waals surface area contributed by atoms with Gasteiger partial charge >= 0.3 is 0 Å². The van der Waals surface area contributed by atoms with E-state index in [4.69, 9.17) is 21.1 Å². The Morgan fingerprint density at radius 3 is 2.55 bits per heavy atom. The molecule has 0 bridgehead atoms. The third kappa shape index (κ3) is 3.97. The van der Waals surface area contributed by atoms with Crippen molar-refractivity contribution in [1.29, 1.82) is 0 Å². The van der Waals surface area contributed by atoms with Crippen molar-refractivity contribution in [2.45, 2.75) is 30.7 Å². The molecule has 31 heavy (non-hydrogen) atoms. The zero-order chi connectivity index (χ0) is 22.3. The lowest BCUT2D eigenvalue weighted by Gasteiger charge is -2.39. The fourth-order valence-electron chi connectivity index (χ4n) is 3.49. The third-order valence-corrected chi connectivity index (χ3v) is 5.47. The molecule has 4 N–H and O–H groups in total. The van der Waals surface area contributed by atoms with Crippen LogP contribution in [0.15, 0.2) is 48.7 Å². The fraction of sp³-hybridized carbons (Fsp3) is 0.300. The molecule has 4 rings (SSSR count). The molecule has 5 atom stereocenters. The Kier molecular flexibility index (Phi) is 5.84. The van der Waals surface area contributed by atoms with Crippen molar-refractivity contribution in [2.24, 2.45) is 0 Å². The van der Waals surface area contributed by atoms with E-state index in [1.165, 1.54) is 18.2 Å². The largest absolute Gasteiger partial charge is 0.460 e. The van der Waals surface area contributed by atoms with Crippen LogP contribution in [-0.2, 0) is 4.74 Å². The molecule has 2 heterocycles. The molecule has 0 spiro atoms. The number of aliphatic hydroxyl groups excluding tert-OH is 4. The van der Waals surface area contributed by atoms with Crippen LogP contribution in [0, 0.1) is 10.1 Å². The molecular weight excluding hydrogens is 432 g/mol. The summed E-state index contributed by atoms with van der Waals surface area (Å²) in [5.74, 6) is 0.154. The first-order chi connectivity index (χ1) is 14.8. The summed E-state index contributed by atoms with van der Waals surface area (Å²) in [5.41, 5.74) is 1.39. The van der Waals surface area contributed by atoms with E-state index in [-0.39, 0.29) is 16.5 Å². The molecule has 2 aromatic carbocycles. The Labute approximate surface area is 180 Å². The second kappa shape index (κ2) is 8.42. The van der Waals surface area contributed by atoms with Crippen LogP contribution < -0.4 is 4.74 Å². The number of halogens is 1. The van der Waals surface area contributed by atoms with Crippen LogP contribution in [0.1, 0.15) is 0 Å². The highest BCUT2D eigenvalue weighted by molar-refractivity contribution is 6.32. The smallest absolute Gasteiger partial charge is 0.270 e. The molecule has 1 aliphatic rings. The van der Waals surface area contributed by atoms with E-state index in [0.717, 1.165) is 5.52 Å². The van der Waals surface area contributed by atoms with Gasteiger partial charge < -0.3 is 34.5 Å². The van der Waals surface area contributed by atoms with E-state index in [9.17, 15) is 30.5 Å². The summed E-state index contributed by atoms with van der Waals surface area (Å²) in [5, 5.41) is 51.0. The van der Waals surface area contributed by atoms with Gasteiger partial charge in [0.05, 0.1) is 22.1 Å². The van der Waals surface area contributed by atoms with Crippen molar-refractivity contribution >= 4 is 28.2 Å². The summed E-state index contributed by atoms with van der Waals surface area (Å²) in [7, 11) is 0. The van der Waals surface area contributed by atoms with Gasteiger partial charge in [-0.3, -0.25) is 10.1 Å². The lowest BCUT2D eigenvalue weighted by Crippen LogP contribution is -2.60. The van der Waals surface area contributed by atoms with Crippen molar-refractivity contribution in [1.82, 2.24) is 4.57 Å². The molecule has 1 aromatic heterocycles. The Balaban J connectivity index is 1.59. The SMILES string of the molecule is O=[N+]([O-])c1ccc2c(ccn2-c2ccc(O[C@H]3O[C@H](CO)[C@@H](O)[C@H](O)[C@@H]3O)c(Cl)c2)c1. The van der Waals surface area contributed by atoms with Gasteiger partial charge in [0.15, 0.2) is 0 Å². The third-order valence-electron chi connectivity index (χ3n) is 5.17. The summed E-state index contributed by atoms with van der Waals surface area (Å²) >= 11 is 6.34. The van der Waals surface area contributed by atoms with Gasteiger partial charge in [0.1, 0.15) is 30.2 Å². The number of benzene rings is 2. The zero-order valence-corrected chi connectivity index (χ0v) is 16.7. The van der Waals surface area contributed by atoms with Crippen LogP contribution in [0.5, 0.6) is 5.75 Å². The average Bonchev–Trinajstić information content (AvgIpc) is 3.18. The predicted molar refractivity (Wildman–Crippen MR) is 109 cm³/mol. The van der Waals surface area contributed by atoms with E-state index in [1.54, 1.807) is 35.0 Å². The predicted octanol–water partition coefficient (Wildman–Crippen LogP) is 1.37. The maximum Gasteiger partial charge on any atom is 0.270 e. The summed E-state index contributed by atoms with van der Waals surface area (Å²) in [6.07, 6.45) is -5.32. The molecule has 0 unspecified atom stereocenters. The minimum absolute atomic E-state index is 0.00782. The van der Waals surface area contributed by atoms with Gasteiger partial charge in [0, 0.05) is 29.4 Å². The highest BCUT2D eigenvalue weighted by Crippen LogP contribution is 2.32. The van der Waals surface area contributed by atoms with Crippen LogP contribution in [0.3, 0.4) is 0 Å². The van der Waals surface area contributed by atoms with Gasteiger partial charge in [-0.25, -0.2) is 0 Å². The summed E-state index contributed by atoms with van der Waals surface area (Å²) in [6.45, 7) is -0.573. The number of ether oxygens (including phenoxy) is 2. The molecule has 164 valence electrons. The Bertz CT molecular complexity index is 1120. The number of aliphatic hydroxyl groups is 4. The van der Waals surface area contributed by atoms with E-state index < -0.39 is 42.2 Å². The highest BCUT2D eigenvalue weighted by atomic mass is 35.5. The Morgan fingerprint density at radius 2 is 1.87 bits per heavy atom. The van der Waals surface area contributed by atoms with Crippen LogP contribution >= 0.6 is 11.6 Å². The van der Waals surface area contributed by atoms with Crippen molar-refractivity contribution < 1.29 is 34.8 Å². The van der Waals surface area contributed by atoms with Gasteiger partial charge in [-0.05, 0) is 30.3 Å². The van der Waals surface area contributed by atoms with Gasteiger partial charge in [-0.1, -0.05) is 11.6 Å². The summed E-state index contributed by atoms with van der Waals surface area (Å²) in [6, 6.07) is 11.1. The molecule has 11 heteroatoms. The molecule has 1 saturated heterocycles. The highest BCUT2D eigenvalue weighted by Gasteiger charge is 2.44. The number of hydrogen-bond donors (Lipinski definition) is 4. The van der Waals surface area contributed by atoms with Gasteiger partial charge in [0.2, 0.25) is 6.29 Å². The quantitative estimate of drug-likeness (QED) is 0.336. The number of nitrogens with zero attached hydrogens (tertiary/aromatic N) is 2. The fourth-order valence-corrected chi connectivity index (χ4v) is 3.71. The summed E-state index contributed by atoms with van der Waals surface area (Å²) in [4.78, 5) is 10.5. The average molecular weight is 451 g/mol. The molecule has 0 radical (unpaired) electrons. The first-order valence-corrected chi connectivity index (χ1v) is 9.70. The standard InChI is InChI=1S/C20H19ClN2O8/c21-13-8-11(22-6-5-10-7-12(23(28)29)1-3-14(10)22)2-4-15(13)30-20-19(27)18(26)17(25)16(9-24)31-20/h1-8,16-20,24-27H,9H2/t16-,17-,18+,19+,20+/m1/s1. The maximum absolute atomic E-state index is 11.0. The first-order valence-electron chi connectivity index (χ1n) is 9.32. The van der Waals surface area contributed by atoms with Crippen molar-refractivity contribution in [3.8, 4) is 11.4 Å². The van der Waals surface area contributed by atoms with Gasteiger partial charge in [-0.15, -0.1) is 0 Å². The lowest BCUT2D eigenvalue weighted by molar-refractivity contribution is -0.384. The normalized spacial score (nSPS) is 26.2. The molecular formula is C20H19ClN2O8. The number of hydrogen-bond acceptors (Lipinski definition) is 8. The molecule has 10 nitrogen and oxygen atoms in total. The van der Waals surface area contributed by atoms with E-state index in [2.05, 4.69) is 0 Å². The molecule has 0 aliphatic carbocycles. The number of rotatable bonds is 5. The number of fused-ring (bicyclic) bond motifs is 1. The van der Waals surface area contributed by atoms with E-state index in [0.29, 0.717) is 11.1 Å². The van der Waals surface area contributed by atoms with Crippen LogP contribution in [0.2, 0.25) is 5.02 Å². The lowest BCUT2D eigenvalue weighted by atomic mass is 9.99. The van der Waals surface area contributed by atoms with Crippen LogP contribution in [-0.4, -0.2) is 67.2 Å². The zero-order valence-electron chi connectivity index (χ0n) is 15.9. The van der Waals surface area contributed by atoms with Crippen molar-refractivity contribution in [2.75, 3.05) is 6.61 Å². The second-order valence-corrected chi connectivity index (χ2v) is 7.52. The second-order valence-electron chi connectivity index (χ2n) is 7.12. The monoisotopic (exact) mass is 450 g/mol. The number of non-ortho nitro benzene ring substituents is 1. The van der Waals surface area contributed by atoms with Crippen LogP contribution in [0.4, 0.5) is 5.69 Å². The Morgan fingerprint density at radius 1 is 1.10 bits per heavy atom. The van der Waals surface area contributed by atoms with E-state index >= 15 is 0 Å². The molecule has 3 aromatic rings.